The van der Waals surface area contributed by atoms with Crippen molar-refractivity contribution in [3.8, 4) is 0 Å². The Labute approximate surface area is 89.0 Å². The van der Waals surface area contributed by atoms with E-state index in [0.717, 1.165) is 5.75 Å². The second-order valence-corrected chi connectivity index (χ2v) is 5.38. The Morgan fingerprint density at radius 3 is 2.85 bits per heavy atom. The van der Waals surface area contributed by atoms with E-state index < -0.39 is 0 Å². The average molecular weight is 215 g/mol. The van der Waals surface area contributed by atoms with Crippen LogP contribution in [0.4, 0.5) is 0 Å². The smallest absolute Gasteiger partial charge is 0.0954 e. The third-order valence-electron chi connectivity index (χ3n) is 1.66. The maximum absolute atomic E-state index is 4.58. The van der Waals surface area contributed by atoms with Gasteiger partial charge in [0.15, 0.2) is 0 Å². The van der Waals surface area contributed by atoms with Crippen LogP contribution in [0.3, 0.4) is 0 Å². The molecule has 0 bridgehead atoms. The third-order valence-corrected chi connectivity index (χ3v) is 4.05. The van der Waals surface area contributed by atoms with Crippen molar-refractivity contribution in [1.29, 1.82) is 0 Å². The van der Waals surface area contributed by atoms with Gasteiger partial charge in [0.05, 0.1) is 10.7 Å². The van der Waals surface area contributed by atoms with Crippen LogP contribution in [0.15, 0.2) is 5.38 Å². The van der Waals surface area contributed by atoms with E-state index in [2.05, 4.69) is 31.1 Å². The van der Waals surface area contributed by atoms with E-state index in [-0.39, 0.29) is 0 Å². The monoisotopic (exact) mass is 215 g/mol. The Bertz CT molecular complexity index is 243. The number of hydrogen-bond acceptors (Lipinski definition) is 3. The van der Waals surface area contributed by atoms with Gasteiger partial charge in [-0.1, -0.05) is 20.8 Å². The first-order chi connectivity index (χ1) is 6.24. The first-order valence-electron chi connectivity index (χ1n) is 4.76. The van der Waals surface area contributed by atoms with Crippen molar-refractivity contribution in [2.45, 2.75) is 38.9 Å². The number of thioether (sulfide) groups is 1. The molecule has 3 heteroatoms. The molecule has 0 aliphatic carbocycles. The van der Waals surface area contributed by atoms with Gasteiger partial charge in [-0.2, -0.15) is 11.8 Å². The van der Waals surface area contributed by atoms with Gasteiger partial charge in [0, 0.05) is 17.1 Å². The summed E-state index contributed by atoms with van der Waals surface area (Å²) in [6.45, 7) is 6.61. The summed E-state index contributed by atoms with van der Waals surface area (Å²) in [5.74, 6) is 2.90. The molecule has 0 atom stereocenters. The fraction of sp³-hybridized carbons (Fsp3) is 0.700. The lowest BCUT2D eigenvalue weighted by atomic mass is 10.2. The fourth-order valence-electron chi connectivity index (χ4n) is 0.975. The van der Waals surface area contributed by atoms with Gasteiger partial charge in [-0.25, -0.2) is 4.98 Å². The van der Waals surface area contributed by atoms with E-state index in [1.54, 1.807) is 11.3 Å². The number of hydrogen-bond donors (Lipinski definition) is 0. The van der Waals surface area contributed by atoms with E-state index in [0.29, 0.717) is 5.92 Å². The van der Waals surface area contributed by atoms with Gasteiger partial charge in [0.25, 0.3) is 0 Å². The van der Waals surface area contributed by atoms with Gasteiger partial charge in [-0.3, -0.25) is 0 Å². The van der Waals surface area contributed by atoms with Crippen LogP contribution in [-0.2, 0) is 5.75 Å². The largest absolute Gasteiger partial charge is 0.245 e. The van der Waals surface area contributed by atoms with Crippen molar-refractivity contribution in [3.63, 3.8) is 0 Å². The third kappa shape index (κ3) is 3.69. The zero-order chi connectivity index (χ0) is 9.68. The van der Waals surface area contributed by atoms with Crippen LogP contribution < -0.4 is 0 Å². The van der Waals surface area contributed by atoms with E-state index >= 15 is 0 Å². The summed E-state index contributed by atoms with van der Waals surface area (Å²) in [7, 11) is 0. The van der Waals surface area contributed by atoms with Crippen molar-refractivity contribution in [3.05, 3.63) is 16.1 Å². The summed E-state index contributed by atoms with van der Waals surface area (Å²) < 4.78 is 0. The molecule has 1 heterocycles. The second kappa shape index (κ2) is 5.66. The molecule has 0 aliphatic heterocycles. The van der Waals surface area contributed by atoms with E-state index in [1.807, 2.05) is 11.8 Å². The minimum absolute atomic E-state index is 0.579. The Morgan fingerprint density at radius 1 is 1.54 bits per heavy atom. The summed E-state index contributed by atoms with van der Waals surface area (Å²) in [6, 6.07) is 0. The van der Waals surface area contributed by atoms with Crippen LogP contribution in [-0.4, -0.2) is 10.7 Å². The highest BCUT2D eigenvalue weighted by molar-refractivity contribution is 7.98. The molecule has 0 saturated carbocycles. The molecule has 0 fully saturated rings. The van der Waals surface area contributed by atoms with Crippen molar-refractivity contribution in [2.24, 2.45) is 0 Å². The lowest BCUT2D eigenvalue weighted by molar-refractivity contribution is 0.846. The lowest BCUT2D eigenvalue weighted by Crippen LogP contribution is -1.87. The average Bonchev–Trinajstić information content (AvgIpc) is 2.53. The second-order valence-electron chi connectivity index (χ2n) is 3.38. The van der Waals surface area contributed by atoms with Crippen LogP contribution in [0.1, 0.15) is 43.8 Å². The Morgan fingerprint density at radius 2 is 2.31 bits per heavy atom. The Kier molecular flexibility index (Phi) is 4.81. The molecule has 1 aromatic rings. The molecule has 1 rings (SSSR count). The molecule has 0 amide bonds. The topological polar surface area (TPSA) is 12.9 Å². The molecular weight excluding hydrogens is 198 g/mol. The van der Waals surface area contributed by atoms with Crippen molar-refractivity contribution in [1.82, 2.24) is 4.98 Å². The zero-order valence-corrected chi connectivity index (χ0v) is 10.2. The highest BCUT2D eigenvalue weighted by atomic mass is 32.2. The van der Waals surface area contributed by atoms with Gasteiger partial charge in [0.2, 0.25) is 0 Å². The SMILES string of the molecule is CCCSCc1csc(C(C)C)n1. The van der Waals surface area contributed by atoms with E-state index in [9.17, 15) is 0 Å². The number of aromatic nitrogens is 1. The first-order valence-corrected chi connectivity index (χ1v) is 6.79. The van der Waals surface area contributed by atoms with E-state index in [4.69, 9.17) is 0 Å². The minimum atomic E-state index is 0.579. The minimum Gasteiger partial charge on any atom is -0.245 e. The molecule has 0 unspecified atom stereocenters. The molecular formula is C10H17NS2. The van der Waals surface area contributed by atoms with Crippen LogP contribution in [0.5, 0.6) is 0 Å². The first kappa shape index (κ1) is 11.1. The lowest BCUT2D eigenvalue weighted by Gasteiger charge is -1.97. The van der Waals surface area contributed by atoms with Crippen LogP contribution in [0.25, 0.3) is 0 Å². The molecule has 1 nitrogen and oxygen atoms in total. The van der Waals surface area contributed by atoms with Gasteiger partial charge >= 0.3 is 0 Å². The summed E-state index contributed by atoms with van der Waals surface area (Å²) in [6.07, 6.45) is 1.26. The summed E-state index contributed by atoms with van der Waals surface area (Å²) in [5.41, 5.74) is 1.26. The van der Waals surface area contributed by atoms with Crippen molar-refractivity contribution in [2.75, 3.05) is 5.75 Å². The van der Waals surface area contributed by atoms with Crippen LogP contribution >= 0.6 is 23.1 Å². The van der Waals surface area contributed by atoms with Crippen LogP contribution in [0.2, 0.25) is 0 Å². The standard InChI is InChI=1S/C10H17NS2/c1-4-5-12-6-9-7-13-10(11-9)8(2)3/h7-8H,4-6H2,1-3H3. The Hall–Kier alpha value is -0.0200. The molecule has 13 heavy (non-hydrogen) atoms. The summed E-state index contributed by atoms with van der Waals surface area (Å²) >= 11 is 3.77. The molecule has 0 radical (unpaired) electrons. The highest BCUT2D eigenvalue weighted by Crippen LogP contribution is 2.21. The maximum Gasteiger partial charge on any atom is 0.0954 e. The molecule has 0 aliphatic rings. The summed E-state index contributed by atoms with van der Waals surface area (Å²) in [4.78, 5) is 4.58. The maximum atomic E-state index is 4.58. The number of thiazole rings is 1. The highest BCUT2D eigenvalue weighted by Gasteiger charge is 2.04. The molecule has 0 aromatic carbocycles. The molecule has 0 spiro atoms. The van der Waals surface area contributed by atoms with Crippen molar-refractivity contribution >= 4 is 23.1 Å². The zero-order valence-electron chi connectivity index (χ0n) is 8.54. The van der Waals surface area contributed by atoms with Gasteiger partial charge in [0.1, 0.15) is 0 Å². The Balaban J connectivity index is 2.40. The van der Waals surface area contributed by atoms with E-state index in [1.165, 1.54) is 22.9 Å². The fourth-order valence-corrected chi connectivity index (χ4v) is 2.71. The van der Waals surface area contributed by atoms with Crippen molar-refractivity contribution < 1.29 is 0 Å². The van der Waals surface area contributed by atoms with Gasteiger partial charge in [-0.05, 0) is 12.2 Å². The predicted octanol–water partition coefficient (Wildman–Crippen LogP) is 3.91. The number of rotatable bonds is 5. The van der Waals surface area contributed by atoms with Crippen LogP contribution in [0, 0.1) is 0 Å². The number of nitrogens with zero attached hydrogens (tertiary/aromatic N) is 1. The van der Waals surface area contributed by atoms with Gasteiger partial charge < -0.3 is 0 Å². The molecule has 0 N–H and O–H groups in total. The molecule has 0 saturated heterocycles. The normalized spacial score (nSPS) is 11.1. The van der Waals surface area contributed by atoms with Gasteiger partial charge in [-0.15, -0.1) is 11.3 Å². The predicted molar refractivity (Wildman–Crippen MR) is 62.7 cm³/mol. The summed E-state index contributed by atoms with van der Waals surface area (Å²) in [5, 5.41) is 3.46. The quantitative estimate of drug-likeness (QED) is 0.691. The molecule has 1 aromatic heterocycles. The molecule has 74 valence electrons.